The highest BCUT2D eigenvalue weighted by Gasteiger charge is 2.18. The number of hydrogen-bond acceptors (Lipinski definition) is 3. The lowest BCUT2D eigenvalue weighted by Crippen LogP contribution is -2.22. The predicted octanol–water partition coefficient (Wildman–Crippen LogP) is 1.66. The molecule has 0 unspecified atom stereocenters. The Balaban J connectivity index is 2.83. The van der Waals surface area contributed by atoms with Crippen molar-refractivity contribution < 1.29 is 19.4 Å². The third-order valence-corrected chi connectivity index (χ3v) is 2.50. The van der Waals surface area contributed by atoms with Crippen molar-refractivity contribution in [2.45, 2.75) is 26.6 Å². The largest absolute Gasteiger partial charge is 0.478 e. The van der Waals surface area contributed by atoms with Gasteiger partial charge in [-0.15, -0.1) is 0 Å². The van der Waals surface area contributed by atoms with E-state index in [1.54, 1.807) is 16.8 Å². The molecule has 1 rings (SSSR count). The minimum Gasteiger partial charge on any atom is -0.478 e. The van der Waals surface area contributed by atoms with Gasteiger partial charge >= 0.3 is 5.97 Å². The highest BCUT2D eigenvalue weighted by molar-refractivity contribution is 5.89. The molecule has 0 fully saturated rings. The molecule has 0 aromatic carbocycles. The lowest BCUT2D eigenvalue weighted by atomic mass is 10.2. The second-order valence-electron chi connectivity index (χ2n) is 3.64. The fourth-order valence-electron chi connectivity index (χ4n) is 1.71. The summed E-state index contributed by atoms with van der Waals surface area (Å²) in [6, 6.07) is 1.59. The summed E-state index contributed by atoms with van der Waals surface area (Å²) < 4.78 is 12.6. The Kier molecular flexibility index (Phi) is 5.18. The Hall–Kier alpha value is -1.33. The average molecular weight is 241 g/mol. The summed E-state index contributed by atoms with van der Waals surface area (Å²) in [4.78, 5) is 11.0. The number of aryl methyl sites for hydroxylation is 1. The van der Waals surface area contributed by atoms with Gasteiger partial charge in [0, 0.05) is 38.6 Å². The van der Waals surface area contributed by atoms with Crippen molar-refractivity contribution in [2.75, 3.05) is 13.2 Å². The molecular weight excluding hydrogens is 222 g/mol. The molecule has 0 amide bonds. The predicted molar refractivity (Wildman–Crippen MR) is 63.1 cm³/mol. The zero-order chi connectivity index (χ0) is 12.8. The van der Waals surface area contributed by atoms with Crippen LogP contribution in [-0.2, 0) is 22.9 Å². The van der Waals surface area contributed by atoms with Crippen LogP contribution in [-0.4, -0.2) is 35.1 Å². The molecule has 0 aliphatic rings. The molecule has 96 valence electrons. The van der Waals surface area contributed by atoms with E-state index in [9.17, 15) is 4.79 Å². The van der Waals surface area contributed by atoms with Crippen LogP contribution in [0.15, 0.2) is 12.3 Å². The molecule has 5 nitrogen and oxygen atoms in total. The first kappa shape index (κ1) is 13.7. The van der Waals surface area contributed by atoms with Crippen LogP contribution in [0, 0.1) is 0 Å². The van der Waals surface area contributed by atoms with Gasteiger partial charge in [-0.2, -0.15) is 0 Å². The zero-order valence-corrected chi connectivity index (χ0v) is 10.5. The van der Waals surface area contributed by atoms with E-state index in [0.29, 0.717) is 30.9 Å². The van der Waals surface area contributed by atoms with Gasteiger partial charge in [-0.1, -0.05) is 0 Å². The molecule has 17 heavy (non-hydrogen) atoms. The van der Waals surface area contributed by atoms with Gasteiger partial charge in [-0.05, 0) is 19.9 Å². The summed E-state index contributed by atoms with van der Waals surface area (Å²) >= 11 is 0. The highest BCUT2D eigenvalue weighted by Crippen LogP contribution is 2.14. The third kappa shape index (κ3) is 3.57. The molecule has 0 saturated carbocycles. The van der Waals surface area contributed by atoms with Gasteiger partial charge in [0.15, 0.2) is 6.29 Å². The van der Waals surface area contributed by atoms with Gasteiger partial charge in [0.25, 0.3) is 0 Å². The monoisotopic (exact) mass is 241 g/mol. The lowest BCUT2D eigenvalue weighted by Gasteiger charge is -2.17. The summed E-state index contributed by atoms with van der Waals surface area (Å²) in [7, 11) is 1.82. The number of ether oxygens (including phenoxy) is 2. The van der Waals surface area contributed by atoms with E-state index in [2.05, 4.69) is 0 Å². The van der Waals surface area contributed by atoms with Crippen molar-refractivity contribution in [2.24, 2.45) is 7.05 Å². The SMILES string of the molecule is CCOC(Cc1c(C(=O)O)ccn1C)OCC. The Labute approximate surface area is 101 Å². The van der Waals surface area contributed by atoms with Crippen LogP contribution in [0.25, 0.3) is 0 Å². The maximum atomic E-state index is 11.0. The van der Waals surface area contributed by atoms with Gasteiger partial charge in [0.2, 0.25) is 0 Å². The third-order valence-electron chi connectivity index (χ3n) is 2.50. The van der Waals surface area contributed by atoms with Crippen LogP contribution in [0.5, 0.6) is 0 Å². The van der Waals surface area contributed by atoms with Crippen molar-refractivity contribution in [3.05, 3.63) is 23.5 Å². The van der Waals surface area contributed by atoms with E-state index < -0.39 is 12.3 Å². The van der Waals surface area contributed by atoms with Crippen molar-refractivity contribution in [1.82, 2.24) is 4.57 Å². The Morgan fingerprint density at radius 1 is 1.41 bits per heavy atom. The Morgan fingerprint density at radius 3 is 2.47 bits per heavy atom. The van der Waals surface area contributed by atoms with Crippen LogP contribution in [0.3, 0.4) is 0 Å². The van der Waals surface area contributed by atoms with E-state index >= 15 is 0 Å². The van der Waals surface area contributed by atoms with Crippen molar-refractivity contribution in [1.29, 1.82) is 0 Å². The van der Waals surface area contributed by atoms with E-state index in [-0.39, 0.29) is 0 Å². The molecule has 0 radical (unpaired) electrons. The number of hydrogen-bond donors (Lipinski definition) is 1. The summed E-state index contributed by atoms with van der Waals surface area (Å²) in [6.45, 7) is 4.85. The first-order valence-electron chi connectivity index (χ1n) is 5.70. The first-order valence-corrected chi connectivity index (χ1v) is 5.70. The molecule has 0 aliphatic carbocycles. The molecule has 0 aliphatic heterocycles. The molecule has 5 heteroatoms. The maximum absolute atomic E-state index is 11.0. The molecule has 1 aromatic rings. The van der Waals surface area contributed by atoms with Gasteiger partial charge in [-0.3, -0.25) is 0 Å². The first-order chi connectivity index (χ1) is 8.10. The summed E-state index contributed by atoms with van der Waals surface area (Å²) in [5.74, 6) is -0.924. The molecule has 0 saturated heterocycles. The molecular formula is C12H19NO4. The normalized spacial score (nSPS) is 11.1. The second-order valence-corrected chi connectivity index (χ2v) is 3.64. The number of nitrogens with zero attached hydrogens (tertiary/aromatic N) is 1. The highest BCUT2D eigenvalue weighted by atomic mass is 16.7. The topological polar surface area (TPSA) is 60.7 Å². The quantitative estimate of drug-likeness (QED) is 0.737. The number of rotatable bonds is 7. The number of aromatic carboxylic acids is 1. The molecule has 0 spiro atoms. The molecule has 0 atom stereocenters. The van der Waals surface area contributed by atoms with Crippen molar-refractivity contribution >= 4 is 5.97 Å². The Morgan fingerprint density at radius 2 is 2.00 bits per heavy atom. The molecule has 1 heterocycles. The van der Waals surface area contributed by atoms with Crippen molar-refractivity contribution in [3.8, 4) is 0 Å². The van der Waals surface area contributed by atoms with Gasteiger partial charge in [0.1, 0.15) is 0 Å². The van der Waals surface area contributed by atoms with Crippen LogP contribution in [0.2, 0.25) is 0 Å². The van der Waals surface area contributed by atoms with E-state index in [1.165, 1.54) is 0 Å². The summed E-state index contributed by atoms with van der Waals surface area (Å²) in [5, 5.41) is 9.06. The summed E-state index contributed by atoms with van der Waals surface area (Å²) in [5.41, 5.74) is 1.02. The van der Waals surface area contributed by atoms with Crippen molar-refractivity contribution in [3.63, 3.8) is 0 Å². The Bertz CT molecular complexity index is 367. The number of carboxylic acids is 1. The zero-order valence-electron chi connectivity index (χ0n) is 10.5. The number of carboxylic acid groups (broad SMARTS) is 1. The number of carbonyl (C=O) groups is 1. The maximum Gasteiger partial charge on any atom is 0.337 e. The van der Waals surface area contributed by atoms with Gasteiger partial charge in [0.05, 0.1) is 5.56 Å². The minimum absolute atomic E-state index is 0.303. The van der Waals surface area contributed by atoms with Crippen LogP contribution >= 0.6 is 0 Å². The van der Waals surface area contributed by atoms with Gasteiger partial charge in [-0.25, -0.2) is 4.79 Å². The van der Waals surface area contributed by atoms with E-state index in [1.807, 2.05) is 20.9 Å². The summed E-state index contributed by atoms with van der Waals surface area (Å²) in [6.07, 6.45) is 1.78. The molecule has 1 aromatic heterocycles. The standard InChI is InChI=1S/C12H19NO4/c1-4-16-11(17-5-2)8-10-9(12(14)15)6-7-13(10)3/h6-7,11H,4-5,8H2,1-3H3,(H,14,15). The smallest absolute Gasteiger partial charge is 0.337 e. The fourth-order valence-corrected chi connectivity index (χ4v) is 1.71. The molecule has 0 bridgehead atoms. The lowest BCUT2D eigenvalue weighted by molar-refractivity contribution is -0.135. The van der Waals surface area contributed by atoms with E-state index in [0.717, 1.165) is 0 Å². The fraction of sp³-hybridized carbons (Fsp3) is 0.583. The molecule has 1 N–H and O–H groups in total. The average Bonchev–Trinajstić information content (AvgIpc) is 2.61. The van der Waals surface area contributed by atoms with Crippen LogP contribution in [0.1, 0.15) is 29.9 Å². The van der Waals surface area contributed by atoms with E-state index in [4.69, 9.17) is 14.6 Å². The number of aromatic nitrogens is 1. The van der Waals surface area contributed by atoms with Crippen LogP contribution in [0.4, 0.5) is 0 Å². The van der Waals surface area contributed by atoms with Crippen LogP contribution < -0.4 is 0 Å². The minimum atomic E-state index is -0.924. The second kappa shape index (κ2) is 6.42. The van der Waals surface area contributed by atoms with Gasteiger partial charge < -0.3 is 19.1 Å².